The minimum absolute atomic E-state index is 0.0184. The summed E-state index contributed by atoms with van der Waals surface area (Å²) in [4.78, 5) is 27.7. The lowest BCUT2D eigenvalue weighted by atomic mass is 10.1. The van der Waals surface area contributed by atoms with Gasteiger partial charge in [-0.3, -0.25) is 14.9 Å². The van der Waals surface area contributed by atoms with Gasteiger partial charge in [-0.2, -0.15) is 0 Å². The summed E-state index contributed by atoms with van der Waals surface area (Å²) in [5.41, 5.74) is 0. The summed E-state index contributed by atoms with van der Waals surface area (Å²) in [6.07, 6.45) is 0.855. The Morgan fingerprint density at radius 1 is 1.09 bits per heavy atom. The van der Waals surface area contributed by atoms with E-state index in [0.29, 0.717) is 32.8 Å². The number of halogens is 2. The van der Waals surface area contributed by atoms with Crippen LogP contribution in [0.4, 0.5) is 8.78 Å². The highest BCUT2D eigenvalue weighted by Gasteiger charge is 2.44. The molecular formula is C14H21F2N3O3. The second kappa shape index (κ2) is 6.08. The first-order valence-electron chi connectivity index (χ1n) is 7.77. The maximum atomic E-state index is 13.2. The summed E-state index contributed by atoms with van der Waals surface area (Å²) in [5.74, 6) is -3.12. The minimum atomic E-state index is -2.81. The molecule has 0 aromatic rings. The average Bonchev–Trinajstić information content (AvgIpc) is 3.15. The molecule has 2 atom stereocenters. The predicted octanol–water partition coefficient (Wildman–Crippen LogP) is -0.167. The van der Waals surface area contributed by atoms with E-state index in [1.165, 1.54) is 0 Å². The van der Waals surface area contributed by atoms with Crippen LogP contribution in [0.1, 0.15) is 19.3 Å². The van der Waals surface area contributed by atoms with Crippen LogP contribution in [0.25, 0.3) is 0 Å². The Kier molecular flexibility index (Phi) is 4.31. The number of ether oxygens (including phenoxy) is 1. The molecule has 0 aromatic carbocycles. The highest BCUT2D eigenvalue weighted by molar-refractivity contribution is 5.84. The minimum Gasteiger partial charge on any atom is -0.368 e. The zero-order valence-electron chi connectivity index (χ0n) is 12.4. The summed E-state index contributed by atoms with van der Waals surface area (Å²) >= 11 is 0. The molecule has 1 N–H and O–H groups in total. The first kappa shape index (κ1) is 15.6. The highest BCUT2D eigenvalue weighted by Crippen LogP contribution is 2.26. The number of alkyl halides is 2. The van der Waals surface area contributed by atoms with Crippen LogP contribution < -0.4 is 5.32 Å². The first-order chi connectivity index (χ1) is 10.5. The number of amides is 2. The second-order valence-corrected chi connectivity index (χ2v) is 6.15. The van der Waals surface area contributed by atoms with Gasteiger partial charge >= 0.3 is 0 Å². The number of carbonyl (C=O) groups excluding carboxylic acids is 2. The van der Waals surface area contributed by atoms with E-state index in [4.69, 9.17) is 4.74 Å². The van der Waals surface area contributed by atoms with Crippen molar-refractivity contribution in [2.45, 2.75) is 37.3 Å². The number of piperazine rings is 1. The molecule has 3 aliphatic rings. The number of nitrogens with one attached hydrogen (secondary N) is 1. The molecule has 2 unspecified atom stereocenters. The Balaban J connectivity index is 1.49. The molecule has 0 bridgehead atoms. The van der Waals surface area contributed by atoms with Crippen molar-refractivity contribution in [1.29, 1.82) is 0 Å². The third-order valence-corrected chi connectivity index (χ3v) is 4.52. The number of hydrogen-bond donors (Lipinski definition) is 1. The van der Waals surface area contributed by atoms with E-state index in [1.54, 1.807) is 9.80 Å². The molecule has 0 aromatic heterocycles. The molecule has 0 saturated carbocycles. The smallest absolute Gasteiger partial charge is 0.262 e. The van der Waals surface area contributed by atoms with Gasteiger partial charge in [-0.15, -0.1) is 0 Å². The first-order valence-corrected chi connectivity index (χ1v) is 7.77. The van der Waals surface area contributed by atoms with Gasteiger partial charge < -0.3 is 14.5 Å². The molecule has 2 amide bonds. The Morgan fingerprint density at radius 3 is 2.23 bits per heavy atom. The second-order valence-electron chi connectivity index (χ2n) is 6.15. The van der Waals surface area contributed by atoms with Crippen molar-refractivity contribution in [2.24, 2.45) is 0 Å². The van der Waals surface area contributed by atoms with Crippen LogP contribution in [0.15, 0.2) is 0 Å². The molecule has 3 aliphatic heterocycles. The Labute approximate surface area is 127 Å². The standard InChI is InChI=1S/C14H21F2N3O3/c15-14(16)8-10(17-9-14)12(20)18-3-5-19(6-4-18)13(21)11-2-1-7-22-11/h10-11,17H,1-9H2. The van der Waals surface area contributed by atoms with Crippen LogP contribution in [-0.4, -0.2) is 79.0 Å². The summed E-state index contributed by atoms with van der Waals surface area (Å²) in [5, 5.41) is 2.58. The molecule has 22 heavy (non-hydrogen) atoms. The Hall–Kier alpha value is -1.28. The molecule has 3 saturated heterocycles. The average molecular weight is 317 g/mol. The molecule has 124 valence electrons. The van der Waals surface area contributed by atoms with E-state index in [0.717, 1.165) is 12.8 Å². The van der Waals surface area contributed by atoms with Crippen LogP contribution in [0.2, 0.25) is 0 Å². The van der Waals surface area contributed by atoms with E-state index >= 15 is 0 Å². The molecular weight excluding hydrogens is 296 g/mol. The zero-order valence-corrected chi connectivity index (χ0v) is 12.4. The maximum Gasteiger partial charge on any atom is 0.262 e. The molecule has 0 spiro atoms. The van der Waals surface area contributed by atoms with Gasteiger partial charge in [0.1, 0.15) is 6.10 Å². The fourth-order valence-electron chi connectivity index (χ4n) is 3.23. The Bertz CT molecular complexity index is 447. The molecule has 0 aliphatic carbocycles. The van der Waals surface area contributed by atoms with Gasteiger partial charge in [0, 0.05) is 39.2 Å². The van der Waals surface area contributed by atoms with Crippen LogP contribution in [0.3, 0.4) is 0 Å². The largest absolute Gasteiger partial charge is 0.368 e. The van der Waals surface area contributed by atoms with Crippen molar-refractivity contribution in [3.8, 4) is 0 Å². The lowest BCUT2D eigenvalue weighted by Gasteiger charge is -2.36. The van der Waals surface area contributed by atoms with Crippen molar-refractivity contribution in [3.63, 3.8) is 0 Å². The number of nitrogens with zero attached hydrogens (tertiary/aromatic N) is 2. The number of carbonyl (C=O) groups is 2. The molecule has 3 fully saturated rings. The summed E-state index contributed by atoms with van der Waals surface area (Å²) in [6.45, 7) is 1.83. The van der Waals surface area contributed by atoms with Gasteiger partial charge in [0.15, 0.2) is 0 Å². The van der Waals surface area contributed by atoms with Crippen LogP contribution >= 0.6 is 0 Å². The molecule has 3 rings (SSSR count). The van der Waals surface area contributed by atoms with Gasteiger partial charge in [0.25, 0.3) is 11.8 Å². The van der Waals surface area contributed by atoms with E-state index in [1.807, 2.05) is 0 Å². The normalized spacial score (nSPS) is 31.5. The number of hydrogen-bond acceptors (Lipinski definition) is 4. The maximum absolute atomic E-state index is 13.2. The predicted molar refractivity (Wildman–Crippen MR) is 73.5 cm³/mol. The third kappa shape index (κ3) is 3.22. The van der Waals surface area contributed by atoms with Crippen molar-refractivity contribution >= 4 is 11.8 Å². The van der Waals surface area contributed by atoms with Crippen molar-refractivity contribution in [2.75, 3.05) is 39.3 Å². The quantitative estimate of drug-likeness (QED) is 0.768. The summed E-state index contributed by atoms with van der Waals surface area (Å²) in [6, 6.07) is -0.810. The topological polar surface area (TPSA) is 61.9 Å². The van der Waals surface area contributed by atoms with Gasteiger partial charge in [0.05, 0.1) is 12.6 Å². The van der Waals surface area contributed by atoms with Crippen molar-refractivity contribution in [1.82, 2.24) is 15.1 Å². The third-order valence-electron chi connectivity index (χ3n) is 4.52. The molecule has 6 nitrogen and oxygen atoms in total. The summed E-state index contributed by atoms with van der Waals surface area (Å²) in [7, 11) is 0. The fourth-order valence-corrected chi connectivity index (χ4v) is 3.23. The molecule has 0 radical (unpaired) electrons. The Morgan fingerprint density at radius 2 is 1.73 bits per heavy atom. The van der Waals surface area contributed by atoms with E-state index in [9.17, 15) is 18.4 Å². The number of rotatable bonds is 2. The van der Waals surface area contributed by atoms with E-state index in [2.05, 4.69) is 5.32 Å². The molecule has 3 heterocycles. The van der Waals surface area contributed by atoms with E-state index < -0.39 is 24.9 Å². The monoisotopic (exact) mass is 317 g/mol. The van der Waals surface area contributed by atoms with Gasteiger partial charge in [-0.25, -0.2) is 8.78 Å². The lowest BCUT2D eigenvalue weighted by Crippen LogP contribution is -2.55. The SMILES string of the molecule is O=C(C1CC(F)(F)CN1)N1CCN(C(=O)C2CCCO2)CC1. The van der Waals surface area contributed by atoms with Gasteiger partial charge in [0.2, 0.25) is 5.91 Å². The lowest BCUT2D eigenvalue weighted by molar-refractivity contribution is -0.146. The van der Waals surface area contributed by atoms with Gasteiger partial charge in [-0.1, -0.05) is 0 Å². The van der Waals surface area contributed by atoms with Crippen molar-refractivity contribution < 1.29 is 23.1 Å². The van der Waals surface area contributed by atoms with E-state index in [-0.39, 0.29) is 17.9 Å². The molecule has 8 heteroatoms. The fraction of sp³-hybridized carbons (Fsp3) is 0.857. The van der Waals surface area contributed by atoms with Crippen LogP contribution in [0, 0.1) is 0 Å². The zero-order chi connectivity index (χ0) is 15.7. The summed E-state index contributed by atoms with van der Waals surface area (Å²) < 4.78 is 31.7. The van der Waals surface area contributed by atoms with Crippen molar-refractivity contribution in [3.05, 3.63) is 0 Å². The van der Waals surface area contributed by atoms with Crippen LogP contribution in [-0.2, 0) is 14.3 Å². The van der Waals surface area contributed by atoms with Crippen LogP contribution in [0.5, 0.6) is 0 Å². The highest BCUT2D eigenvalue weighted by atomic mass is 19.3. The van der Waals surface area contributed by atoms with Gasteiger partial charge in [-0.05, 0) is 12.8 Å².